The van der Waals surface area contributed by atoms with E-state index in [4.69, 9.17) is 16.3 Å². The van der Waals surface area contributed by atoms with Crippen LogP contribution in [0.25, 0.3) is 0 Å². The van der Waals surface area contributed by atoms with Gasteiger partial charge in [0.15, 0.2) is 6.61 Å². The number of carbonyl (C=O) groups excluding carboxylic acids is 1. The third-order valence-corrected chi connectivity index (χ3v) is 3.96. The number of halogens is 2. The van der Waals surface area contributed by atoms with Gasteiger partial charge in [-0.05, 0) is 43.7 Å². The number of carbonyl (C=O) groups is 1. The zero-order chi connectivity index (χ0) is 18.4. The third kappa shape index (κ3) is 5.29. The fourth-order valence-electron chi connectivity index (χ4n) is 2.09. The van der Waals surface area contributed by atoms with Gasteiger partial charge in [-0.1, -0.05) is 17.7 Å². The molecule has 0 aliphatic carbocycles. The molecule has 0 spiro atoms. The maximum absolute atomic E-state index is 13.1. The summed E-state index contributed by atoms with van der Waals surface area (Å²) in [5.74, 6) is -0.339. The quantitative estimate of drug-likeness (QED) is 0.408. The summed E-state index contributed by atoms with van der Waals surface area (Å²) in [5, 5.41) is 0.389. The number of hydrogen-bond donors (Lipinski definition) is 0. The van der Waals surface area contributed by atoms with Gasteiger partial charge in [-0.2, -0.15) is 0 Å². The Labute approximate surface area is 151 Å². The average Bonchev–Trinajstić information content (AvgIpc) is 2.59. The molecule has 6 heteroatoms. The van der Waals surface area contributed by atoms with E-state index in [1.807, 2.05) is 25.8 Å². The Morgan fingerprint density at radius 1 is 1.36 bits per heavy atom. The van der Waals surface area contributed by atoms with Crippen molar-refractivity contribution in [1.29, 1.82) is 0 Å². The number of ether oxygens (including phenoxy) is 1. The highest BCUT2D eigenvalue weighted by Gasteiger charge is 2.13. The topological polar surface area (TPSA) is 41.9 Å². The SMILES string of the molecule is CCN(C)/C=N\c1cc(C)c(C(=O)COc2cccc(F)c2)cc1Cl. The van der Waals surface area contributed by atoms with Gasteiger partial charge in [-0.15, -0.1) is 0 Å². The number of Topliss-reactive ketones (excluding diaryl/α,β-unsaturated/α-hetero) is 1. The lowest BCUT2D eigenvalue weighted by atomic mass is 10.0. The molecule has 0 bridgehead atoms. The Bertz CT molecular complexity index is 793. The summed E-state index contributed by atoms with van der Waals surface area (Å²) in [6.45, 7) is 4.46. The first-order valence-electron chi connectivity index (χ1n) is 7.87. The lowest BCUT2D eigenvalue weighted by Gasteiger charge is -2.11. The van der Waals surface area contributed by atoms with Crippen LogP contribution in [-0.2, 0) is 0 Å². The van der Waals surface area contributed by atoms with Crippen molar-refractivity contribution in [3.8, 4) is 5.75 Å². The molecule has 4 nitrogen and oxygen atoms in total. The number of aliphatic imine (C=N–C) groups is 1. The zero-order valence-electron chi connectivity index (χ0n) is 14.4. The van der Waals surface area contributed by atoms with Gasteiger partial charge >= 0.3 is 0 Å². The summed E-state index contributed by atoms with van der Waals surface area (Å²) >= 11 is 6.24. The van der Waals surface area contributed by atoms with Gasteiger partial charge in [0.2, 0.25) is 5.78 Å². The molecule has 0 fully saturated rings. The number of rotatable bonds is 7. The summed E-state index contributed by atoms with van der Waals surface area (Å²) < 4.78 is 18.5. The van der Waals surface area contributed by atoms with Crippen molar-refractivity contribution in [3.63, 3.8) is 0 Å². The van der Waals surface area contributed by atoms with Crippen molar-refractivity contribution in [2.45, 2.75) is 13.8 Å². The first-order valence-corrected chi connectivity index (χ1v) is 8.24. The molecule has 0 aromatic heterocycles. The monoisotopic (exact) mass is 362 g/mol. The molecule has 132 valence electrons. The highest BCUT2D eigenvalue weighted by atomic mass is 35.5. The van der Waals surface area contributed by atoms with Crippen molar-refractivity contribution < 1.29 is 13.9 Å². The summed E-state index contributed by atoms with van der Waals surface area (Å²) in [6, 6.07) is 9.02. The Hall–Kier alpha value is -2.40. The molecule has 0 saturated carbocycles. The maximum atomic E-state index is 13.1. The van der Waals surface area contributed by atoms with E-state index in [9.17, 15) is 9.18 Å². The Balaban J connectivity index is 2.12. The molecule has 0 radical (unpaired) electrons. The van der Waals surface area contributed by atoms with Crippen molar-refractivity contribution in [3.05, 3.63) is 58.4 Å². The normalized spacial score (nSPS) is 10.9. The van der Waals surface area contributed by atoms with Crippen LogP contribution in [0.4, 0.5) is 10.1 Å². The molecule has 0 amide bonds. The first kappa shape index (κ1) is 18.9. The molecule has 2 aromatic rings. The van der Waals surface area contributed by atoms with E-state index < -0.39 is 5.82 Å². The molecule has 0 unspecified atom stereocenters. The second kappa shape index (κ2) is 8.62. The molecule has 0 atom stereocenters. The molecule has 25 heavy (non-hydrogen) atoms. The molecule has 0 heterocycles. The summed E-state index contributed by atoms with van der Waals surface area (Å²) in [6.07, 6.45) is 1.69. The van der Waals surface area contributed by atoms with E-state index >= 15 is 0 Å². The van der Waals surface area contributed by atoms with Crippen LogP contribution in [0.1, 0.15) is 22.8 Å². The number of ketones is 1. The fourth-order valence-corrected chi connectivity index (χ4v) is 2.30. The molecular formula is C19H20ClFN2O2. The van der Waals surface area contributed by atoms with Gasteiger partial charge in [-0.25, -0.2) is 9.38 Å². The molecular weight excluding hydrogens is 343 g/mol. The molecule has 2 aromatic carbocycles. The van der Waals surface area contributed by atoms with E-state index in [2.05, 4.69) is 4.99 Å². The summed E-state index contributed by atoms with van der Waals surface area (Å²) in [7, 11) is 1.91. The molecule has 0 aliphatic heterocycles. The van der Waals surface area contributed by atoms with E-state index in [1.165, 1.54) is 18.2 Å². The standard InChI is InChI=1S/C19H20ClFN2O2/c1-4-23(3)12-22-18-8-13(2)16(10-17(18)20)19(24)11-25-15-7-5-6-14(21)9-15/h5-10,12H,4,11H2,1-3H3/b22-12-. The fraction of sp³-hybridized carbons (Fsp3) is 0.263. The summed E-state index contributed by atoms with van der Waals surface area (Å²) in [5.41, 5.74) is 1.81. The van der Waals surface area contributed by atoms with Crippen LogP contribution in [-0.4, -0.2) is 37.2 Å². The van der Waals surface area contributed by atoms with Gasteiger partial charge in [0, 0.05) is 25.2 Å². The maximum Gasteiger partial charge on any atom is 0.200 e. The van der Waals surface area contributed by atoms with E-state index in [0.717, 1.165) is 12.1 Å². The highest BCUT2D eigenvalue weighted by molar-refractivity contribution is 6.33. The predicted octanol–water partition coefficient (Wildman–Crippen LogP) is 4.66. The highest BCUT2D eigenvalue weighted by Crippen LogP contribution is 2.28. The lowest BCUT2D eigenvalue weighted by Crippen LogP contribution is -2.14. The minimum atomic E-state index is -0.413. The Kier molecular flexibility index (Phi) is 6.53. The van der Waals surface area contributed by atoms with Crippen LogP contribution in [0, 0.1) is 12.7 Å². The van der Waals surface area contributed by atoms with E-state index in [-0.39, 0.29) is 12.4 Å². The van der Waals surface area contributed by atoms with E-state index in [0.29, 0.717) is 22.0 Å². The number of benzene rings is 2. The van der Waals surface area contributed by atoms with E-state index in [1.54, 1.807) is 24.5 Å². The second-order valence-electron chi connectivity index (χ2n) is 5.61. The Morgan fingerprint density at radius 3 is 2.80 bits per heavy atom. The van der Waals surface area contributed by atoms with Crippen LogP contribution >= 0.6 is 11.6 Å². The molecule has 0 N–H and O–H groups in total. The van der Waals surface area contributed by atoms with Gasteiger partial charge in [-0.3, -0.25) is 4.79 Å². The van der Waals surface area contributed by atoms with Crippen molar-refractivity contribution in [2.75, 3.05) is 20.2 Å². The lowest BCUT2D eigenvalue weighted by molar-refractivity contribution is 0.0920. The van der Waals surface area contributed by atoms with Crippen molar-refractivity contribution >= 4 is 29.4 Å². The number of hydrogen-bond acceptors (Lipinski definition) is 3. The zero-order valence-corrected chi connectivity index (χ0v) is 15.2. The molecule has 0 aliphatic rings. The summed E-state index contributed by atoms with van der Waals surface area (Å²) in [4.78, 5) is 18.6. The largest absolute Gasteiger partial charge is 0.485 e. The van der Waals surface area contributed by atoms with Crippen molar-refractivity contribution in [2.24, 2.45) is 4.99 Å². The van der Waals surface area contributed by atoms with Crippen LogP contribution in [0.15, 0.2) is 41.4 Å². The van der Waals surface area contributed by atoms with Gasteiger partial charge in [0.1, 0.15) is 11.6 Å². The number of nitrogens with zero attached hydrogens (tertiary/aromatic N) is 2. The average molecular weight is 363 g/mol. The van der Waals surface area contributed by atoms with Crippen molar-refractivity contribution in [1.82, 2.24) is 4.90 Å². The minimum Gasteiger partial charge on any atom is -0.485 e. The van der Waals surface area contributed by atoms with Crippen LogP contribution in [0.2, 0.25) is 5.02 Å². The number of aryl methyl sites for hydroxylation is 1. The smallest absolute Gasteiger partial charge is 0.200 e. The minimum absolute atomic E-state index is 0.193. The van der Waals surface area contributed by atoms with Crippen LogP contribution in [0.3, 0.4) is 0 Å². The van der Waals surface area contributed by atoms with Crippen LogP contribution in [0.5, 0.6) is 5.75 Å². The predicted molar refractivity (Wildman–Crippen MR) is 98.9 cm³/mol. The Morgan fingerprint density at radius 2 is 2.12 bits per heavy atom. The molecule has 0 saturated heterocycles. The van der Waals surface area contributed by atoms with Crippen LogP contribution < -0.4 is 4.74 Å². The second-order valence-corrected chi connectivity index (χ2v) is 6.01. The first-order chi connectivity index (χ1) is 11.9. The van der Waals surface area contributed by atoms with Gasteiger partial charge in [0.25, 0.3) is 0 Å². The van der Waals surface area contributed by atoms with Gasteiger partial charge in [0.05, 0.1) is 17.0 Å². The molecule has 2 rings (SSSR count). The third-order valence-electron chi connectivity index (χ3n) is 3.65. The van der Waals surface area contributed by atoms with Gasteiger partial charge < -0.3 is 9.64 Å².